The van der Waals surface area contributed by atoms with Crippen molar-refractivity contribution in [1.29, 1.82) is 0 Å². The van der Waals surface area contributed by atoms with Gasteiger partial charge in [-0.05, 0) is 43.9 Å². The topological polar surface area (TPSA) is 87.1 Å². The van der Waals surface area contributed by atoms with E-state index >= 15 is 0 Å². The Morgan fingerprint density at radius 3 is 2.60 bits per heavy atom. The summed E-state index contributed by atoms with van der Waals surface area (Å²) < 4.78 is 5.40. The van der Waals surface area contributed by atoms with Crippen LogP contribution >= 0.6 is 0 Å². The summed E-state index contributed by atoms with van der Waals surface area (Å²) in [5, 5.41) is 12.9. The number of nitrogens with one attached hydrogen (secondary N) is 1. The maximum atomic E-state index is 12.7. The Labute approximate surface area is 177 Å². The molecule has 1 aromatic carbocycles. The number of carbonyl (C=O) groups is 1. The highest BCUT2D eigenvalue weighted by molar-refractivity contribution is 6.05. The molecule has 2 aromatic rings. The Morgan fingerprint density at radius 1 is 1.33 bits per heavy atom. The Kier molecular flexibility index (Phi) is 6.52. The van der Waals surface area contributed by atoms with Gasteiger partial charge in [-0.25, -0.2) is 14.8 Å². The van der Waals surface area contributed by atoms with Crippen molar-refractivity contribution in [2.45, 2.75) is 32.3 Å². The van der Waals surface area contributed by atoms with Gasteiger partial charge < -0.3 is 14.7 Å². The molecule has 2 N–H and O–H groups in total. The van der Waals surface area contributed by atoms with Gasteiger partial charge in [-0.1, -0.05) is 36.9 Å². The number of rotatable bonds is 4. The van der Waals surface area contributed by atoms with Crippen molar-refractivity contribution in [1.82, 2.24) is 15.2 Å². The van der Waals surface area contributed by atoms with E-state index < -0.39 is 5.60 Å². The normalized spacial score (nSPS) is 16.1. The average molecular weight is 409 g/mol. The average Bonchev–Trinajstić information content (AvgIpc) is 2.74. The molecule has 1 aliphatic heterocycles. The number of piperidine rings is 1. The van der Waals surface area contributed by atoms with Crippen LogP contribution in [0.4, 0.5) is 10.5 Å². The van der Waals surface area contributed by atoms with Gasteiger partial charge in [-0.15, -0.1) is 0 Å². The van der Waals surface area contributed by atoms with Crippen LogP contribution in [0.2, 0.25) is 0 Å². The van der Waals surface area contributed by atoms with Gasteiger partial charge in [0, 0.05) is 24.8 Å². The zero-order valence-corrected chi connectivity index (χ0v) is 17.7. The number of benzene rings is 1. The second-order valence-corrected chi connectivity index (χ2v) is 7.64. The van der Waals surface area contributed by atoms with E-state index in [1.165, 1.54) is 13.2 Å². The molecule has 158 valence electrons. The number of nitrogens with zero attached hydrogens (tertiary/aromatic N) is 3. The highest BCUT2D eigenvalue weighted by Gasteiger charge is 2.29. The first-order valence-corrected chi connectivity index (χ1v) is 9.93. The van der Waals surface area contributed by atoms with E-state index in [2.05, 4.69) is 21.9 Å². The molecule has 7 nitrogen and oxygen atoms in total. The molecule has 0 bridgehead atoms. The number of aliphatic imine (C=N–C) groups is 1. The van der Waals surface area contributed by atoms with Gasteiger partial charge in [-0.2, -0.15) is 0 Å². The lowest BCUT2D eigenvalue weighted by Crippen LogP contribution is -2.49. The van der Waals surface area contributed by atoms with Crippen molar-refractivity contribution in [2.75, 3.05) is 20.2 Å². The van der Waals surface area contributed by atoms with Crippen LogP contribution in [-0.2, 0) is 0 Å². The molecule has 0 aliphatic carbocycles. The van der Waals surface area contributed by atoms with E-state index in [9.17, 15) is 9.90 Å². The largest absolute Gasteiger partial charge is 0.479 e. The molecule has 1 saturated heterocycles. The minimum atomic E-state index is -0.722. The van der Waals surface area contributed by atoms with E-state index in [1.54, 1.807) is 18.0 Å². The Morgan fingerprint density at radius 2 is 2.00 bits per heavy atom. The standard InChI is InChI=1S/C23H28N4O3/c1-5-19(26-22(28)27-13-11-23(3,29)12-14-27)25-20-16(2)18(15-24-21(20)30-4)17-9-7-6-8-10-17/h5-10,15,29H,1,11-14H2,2-4H3,(H,25,26,28). The van der Waals surface area contributed by atoms with Crippen LogP contribution in [0.15, 0.2) is 54.2 Å². The number of likely N-dealkylation sites (tertiary alicyclic amines) is 1. The lowest BCUT2D eigenvalue weighted by molar-refractivity contribution is 0.00484. The Hall–Kier alpha value is -3.19. The fourth-order valence-corrected chi connectivity index (χ4v) is 3.38. The number of amides is 2. The van der Waals surface area contributed by atoms with Gasteiger partial charge >= 0.3 is 6.03 Å². The maximum Gasteiger partial charge on any atom is 0.323 e. The van der Waals surface area contributed by atoms with Gasteiger partial charge in [0.15, 0.2) is 0 Å². The fraction of sp³-hybridized carbons (Fsp3) is 0.348. The maximum absolute atomic E-state index is 12.7. The molecule has 0 atom stereocenters. The van der Waals surface area contributed by atoms with Crippen LogP contribution in [0.1, 0.15) is 25.3 Å². The van der Waals surface area contributed by atoms with Gasteiger partial charge in [0.05, 0.1) is 12.7 Å². The van der Waals surface area contributed by atoms with Crippen LogP contribution < -0.4 is 10.1 Å². The highest BCUT2D eigenvalue weighted by atomic mass is 16.5. The van der Waals surface area contributed by atoms with Gasteiger partial charge in [0.2, 0.25) is 5.88 Å². The molecule has 7 heteroatoms. The number of pyridine rings is 1. The zero-order chi connectivity index (χ0) is 21.7. The number of hydrogen-bond donors (Lipinski definition) is 2. The van der Waals surface area contributed by atoms with E-state index in [1.807, 2.05) is 37.3 Å². The number of aromatic nitrogens is 1. The summed E-state index contributed by atoms with van der Waals surface area (Å²) in [4.78, 5) is 23.3. The number of urea groups is 1. The summed E-state index contributed by atoms with van der Waals surface area (Å²) in [5.74, 6) is 0.681. The molecule has 0 unspecified atom stereocenters. The molecule has 3 rings (SSSR count). The highest BCUT2D eigenvalue weighted by Crippen LogP contribution is 2.35. The van der Waals surface area contributed by atoms with E-state index in [-0.39, 0.29) is 6.03 Å². The van der Waals surface area contributed by atoms with Gasteiger partial charge in [0.25, 0.3) is 0 Å². The first-order chi connectivity index (χ1) is 14.3. The molecule has 1 aromatic heterocycles. The first kappa shape index (κ1) is 21.5. The van der Waals surface area contributed by atoms with Crippen LogP contribution in [0, 0.1) is 6.92 Å². The van der Waals surface area contributed by atoms with Crippen LogP contribution in [-0.4, -0.2) is 52.7 Å². The first-order valence-electron chi connectivity index (χ1n) is 9.93. The Balaban J connectivity index is 1.88. The third kappa shape index (κ3) is 4.86. The summed E-state index contributed by atoms with van der Waals surface area (Å²) in [7, 11) is 1.54. The third-order valence-corrected chi connectivity index (χ3v) is 5.34. The number of carbonyl (C=O) groups excluding carboxylic acids is 1. The summed E-state index contributed by atoms with van der Waals surface area (Å²) in [5.41, 5.74) is 2.65. The quantitative estimate of drug-likeness (QED) is 0.594. The van der Waals surface area contributed by atoms with Crippen LogP contribution in [0.5, 0.6) is 5.88 Å². The third-order valence-electron chi connectivity index (χ3n) is 5.34. The number of methoxy groups -OCH3 is 1. The van der Waals surface area contributed by atoms with Crippen molar-refractivity contribution < 1.29 is 14.6 Å². The molecule has 2 amide bonds. The molecule has 2 heterocycles. The minimum absolute atomic E-state index is 0.270. The van der Waals surface area contributed by atoms with Crippen molar-refractivity contribution in [3.8, 4) is 17.0 Å². The van der Waals surface area contributed by atoms with Crippen molar-refractivity contribution in [2.24, 2.45) is 4.99 Å². The van der Waals surface area contributed by atoms with Crippen molar-refractivity contribution >= 4 is 17.6 Å². The van der Waals surface area contributed by atoms with Gasteiger partial charge in [-0.3, -0.25) is 5.32 Å². The molecular weight excluding hydrogens is 380 g/mol. The monoisotopic (exact) mass is 408 g/mol. The molecule has 0 spiro atoms. The second kappa shape index (κ2) is 9.09. The van der Waals surface area contributed by atoms with Crippen molar-refractivity contribution in [3.63, 3.8) is 0 Å². The Bertz CT molecular complexity index is 944. The smallest absolute Gasteiger partial charge is 0.323 e. The summed E-state index contributed by atoms with van der Waals surface area (Å²) in [6.07, 6.45) is 4.33. The molecule has 0 radical (unpaired) electrons. The molecule has 0 saturated carbocycles. The SMILES string of the molecule is C=CC(=Nc1c(OC)ncc(-c2ccccc2)c1C)NC(=O)N1CCC(C)(O)CC1. The van der Waals surface area contributed by atoms with E-state index in [0.29, 0.717) is 43.3 Å². The number of aliphatic hydroxyl groups is 1. The summed E-state index contributed by atoms with van der Waals surface area (Å²) in [6, 6.07) is 9.63. The number of ether oxygens (including phenoxy) is 1. The van der Waals surface area contributed by atoms with Crippen molar-refractivity contribution in [3.05, 3.63) is 54.7 Å². The van der Waals surface area contributed by atoms with Crippen LogP contribution in [0.3, 0.4) is 0 Å². The number of hydrogen-bond acceptors (Lipinski definition) is 5. The predicted molar refractivity (Wildman–Crippen MR) is 118 cm³/mol. The summed E-state index contributed by atoms with van der Waals surface area (Å²) >= 11 is 0. The predicted octanol–water partition coefficient (Wildman–Crippen LogP) is 3.84. The van der Waals surface area contributed by atoms with E-state index in [4.69, 9.17) is 4.74 Å². The zero-order valence-electron chi connectivity index (χ0n) is 17.7. The molecule has 30 heavy (non-hydrogen) atoms. The molecule has 1 fully saturated rings. The lowest BCUT2D eigenvalue weighted by Gasteiger charge is -2.35. The minimum Gasteiger partial charge on any atom is -0.479 e. The number of amidine groups is 1. The van der Waals surface area contributed by atoms with Gasteiger partial charge in [0.1, 0.15) is 11.5 Å². The molecular formula is C23H28N4O3. The fourth-order valence-electron chi connectivity index (χ4n) is 3.38. The molecule has 1 aliphatic rings. The summed E-state index contributed by atoms with van der Waals surface area (Å²) in [6.45, 7) is 8.48. The lowest BCUT2D eigenvalue weighted by atomic mass is 9.94. The van der Waals surface area contributed by atoms with E-state index in [0.717, 1.165) is 16.7 Å². The second-order valence-electron chi connectivity index (χ2n) is 7.64. The van der Waals surface area contributed by atoms with Crippen LogP contribution in [0.25, 0.3) is 11.1 Å².